The highest BCUT2D eigenvalue weighted by molar-refractivity contribution is 6.22. The van der Waals surface area contributed by atoms with Crippen molar-refractivity contribution >= 4 is 35.1 Å². The van der Waals surface area contributed by atoms with Gasteiger partial charge in [-0.1, -0.05) is 30.4 Å². The van der Waals surface area contributed by atoms with Crippen molar-refractivity contribution in [3.05, 3.63) is 71.3 Å². The summed E-state index contributed by atoms with van der Waals surface area (Å²) in [5.41, 5.74) is 3.23. The molecule has 3 amide bonds. The number of ether oxygens (including phenoxy) is 1. The molecule has 3 aliphatic rings. The molecule has 7 heteroatoms. The molecule has 1 saturated carbocycles. The van der Waals surface area contributed by atoms with E-state index < -0.39 is 18.5 Å². The number of benzene rings is 2. The molecule has 5 rings (SSSR count). The van der Waals surface area contributed by atoms with Gasteiger partial charge in [0, 0.05) is 5.69 Å². The molecule has 7 nitrogen and oxygen atoms in total. The molecule has 1 aliphatic heterocycles. The first-order valence-corrected chi connectivity index (χ1v) is 11.0. The summed E-state index contributed by atoms with van der Waals surface area (Å²) in [4.78, 5) is 51.7. The summed E-state index contributed by atoms with van der Waals surface area (Å²) in [6.07, 6.45) is 4.98. The number of esters is 1. The van der Waals surface area contributed by atoms with Crippen molar-refractivity contribution in [2.75, 3.05) is 16.8 Å². The van der Waals surface area contributed by atoms with E-state index >= 15 is 0 Å². The number of hydrogen-bond donors (Lipinski definition) is 1. The number of nitrogens with zero attached hydrogens (tertiary/aromatic N) is 1. The molecule has 0 spiro atoms. The number of anilines is 2. The van der Waals surface area contributed by atoms with Crippen LogP contribution in [0.1, 0.15) is 27.9 Å². The van der Waals surface area contributed by atoms with E-state index in [0.29, 0.717) is 11.4 Å². The molecule has 2 fully saturated rings. The van der Waals surface area contributed by atoms with Gasteiger partial charge in [0.2, 0.25) is 11.8 Å². The number of hydrogen-bond acceptors (Lipinski definition) is 5. The first-order chi connectivity index (χ1) is 15.8. The summed E-state index contributed by atoms with van der Waals surface area (Å²) in [7, 11) is 0. The molecule has 1 heterocycles. The predicted molar refractivity (Wildman–Crippen MR) is 121 cm³/mol. The lowest BCUT2D eigenvalue weighted by Crippen LogP contribution is -2.32. The van der Waals surface area contributed by atoms with Gasteiger partial charge in [0.15, 0.2) is 6.61 Å². The van der Waals surface area contributed by atoms with Crippen LogP contribution in [0.15, 0.2) is 54.6 Å². The predicted octanol–water partition coefficient (Wildman–Crippen LogP) is 3.41. The first-order valence-electron chi connectivity index (χ1n) is 11.0. The normalized spacial score (nSPS) is 24.8. The van der Waals surface area contributed by atoms with Crippen LogP contribution >= 0.6 is 0 Å². The molecule has 2 bridgehead atoms. The topological polar surface area (TPSA) is 92.8 Å². The first kappa shape index (κ1) is 21.1. The SMILES string of the molecule is Cc1cccc(C)c1NC(=O)COC(=O)c1ccc(N2C(=O)[C@@H]3[C@@H](C2=O)[C@H]2C=C[C@H]3C2)cc1. The zero-order valence-corrected chi connectivity index (χ0v) is 18.4. The zero-order chi connectivity index (χ0) is 23.3. The number of amides is 3. The van der Waals surface area contributed by atoms with Gasteiger partial charge in [0.25, 0.3) is 5.91 Å². The van der Waals surface area contributed by atoms with Crippen molar-refractivity contribution in [1.29, 1.82) is 0 Å². The Labute approximate surface area is 191 Å². The average Bonchev–Trinajstić information content (AvgIpc) is 3.48. The van der Waals surface area contributed by atoms with Crippen LogP contribution in [0.5, 0.6) is 0 Å². The maximum atomic E-state index is 12.9. The van der Waals surface area contributed by atoms with Crippen LogP contribution in [0.2, 0.25) is 0 Å². The van der Waals surface area contributed by atoms with Crippen molar-refractivity contribution in [1.82, 2.24) is 0 Å². The number of fused-ring (bicyclic) bond motifs is 5. The van der Waals surface area contributed by atoms with E-state index in [4.69, 9.17) is 4.74 Å². The summed E-state index contributed by atoms with van der Waals surface area (Å²) >= 11 is 0. The van der Waals surface area contributed by atoms with E-state index in [1.165, 1.54) is 17.0 Å². The van der Waals surface area contributed by atoms with Gasteiger partial charge in [-0.2, -0.15) is 0 Å². The summed E-state index contributed by atoms with van der Waals surface area (Å²) in [6.45, 7) is 3.36. The van der Waals surface area contributed by atoms with E-state index in [1.54, 1.807) is 12.1 Å². The lowest BCUT2D eigenvalue weighted by Gasteiger charge is -2.17. The number of imide groups is 1. The van der Waals surface area contributed by atoms with Gasteiger partial charge in [-0.05, 0) is 67.5 Å². The fourth-order valence-electron chi connectivity index (χ4n) is 5.30. The van der Waals surface area contributed by atoms with Crippen LogP contribution in [0.25, 0.3) is 0 Å². The van der Waals surface area contributed by atoms with E-state index in [-0.39, 0.29) is 41.0 Å². The van der Waals surface area contributed by atoms with Gasteiger partial charge >= 0.3 is 5.97 Å². The minimum atomic E-state index is -0.656. The zero-order valence-electron chi connectivity index (χ0n) is 18.4. The highest BCUT2D eigenvalue weighted by Crippen LogP contribution is 2.53. The van der Waals surface area contributed by atoms with Crippen LogP contribution in [0.4, 0.5) is 11.4 Å². The third kappa shape index (κ3) is 3.53. The van der Waals surface area contributed by atoms with Gasteiger partial charge in [0.1, 0.15) is 0 Å². The molecule has 33 heavy (non-hydrogen) atoms. The molecule has 1 N–H and O–H groups in total. The van der Waals surface area contributed by atoms with Crippen molar-refractivity contribution in [2.45, 2.75) is 20.3 Å². The molecule has 2 aromatic rings. The Bertz CT molecular complexity index is 1150. The number of para-hydroxylation sites is 1. The number of rotatable bonds is 5. The Hall–Kier alpha value is -3.74. The van der Waals surface area contributed by atoms with Crippen molar-refractivity contribution in [3.8, 4) is 0 Å². The fraction of sp³-hybridized carbons (Fsp3) is 0.308. The lowest BCUT2D eigenvalue weighted by atomic mass is 9.85. The Morgan fingerprint density at radius 1 is 0.939 bits per heavy atom. The Kier molecular flexibility index (Phi) is 5.12. The molecule has 0 unspecified atom stereocenters. The molecule has 1 saturated heterocycles. The van der Waals surface area contributed by atoms with Gasteiger partial charge in [0.05, 0.1) is 23.1 Å². The maximum Gasteiger partial charge on any atom is 0.338 e. The average molecular weight is 444 g/mol. The second kappa shape index (κ2) is 7.99. The van der Waals surface area contributed by atoms with E-state index in [2.05, 4.69) is 17.5 Å². The molecule has 0 radical (unpaired) electrons. The molecule has 0 aromatic heterocycles. The number of aryl methyl sites for hydroxylation is 2. The van der Waals surface area contributed by atoms with Crippen LogP contribution in [-0.4, -0.2) is 30.3 Å². The van der Waals surface area contributed by atoms with E-state index in [0.717, 1.165) is 17.5 Å². The Morgan fingerprint density at radius 3 is 2.09 bits per heavy atom. The number of allylic oxidation sites excluding steroid dienone is 2. The number of carbonyl (C=O) groups is 4. The monoisotopic (exact) mass is 444 g/mol. The minimum absolute atomic E-state index is 0.144. The summed E-state index contributed by atoms with van der Waals surface area (Å²) in [5.74, 6) is -1.67. The van der Waals surface area contributed by atoms with E-state index in [1.807, 2.05) is 32.0 Å². The molecule has 2 aliphatic carbocycles. The Morgan fingerprint density at radius 2 is 1.52 bits per heavy atom. The molecular formula is C26H24N2O5. The summed E-state index contributed by atoms with van der Waals surface area (Å²) in [6, 6.07) is 11.8. The molecular weight excluding hydrogens is 420 g/mol. The maximum absolute atomic E-state index is 12.9. The highest BCUT2D eigenvalue weighted by Gasteiger charge is 2.59. The van der Waals surface area contributed by atoms with Crippen LogP contribution < -0.4 is 10.2 Å². The lowest BCUT2D eigenvalue weighted by molar-refractivity contribution is -0.123. The van der Waals surface area contributed by atoms with Crippen LogP contribution in [0.3, 0.4) is 0 Å². The quantitative estimate of drug-likeness (QED) is 0.433. The standard InChI is InChI=1S/C26H24N2O5/c1-14-4-3-5-15(2)23(14)27-20(29)13-33-26(32)16-8-10-19(11-9-16)28-24(30)21-17-6-7-18(12-17)22(21)25(28)31/h3-11,17-18,21-22H,12-13H2,1-2H3,(H,27,29)/t17-,18-,21-,22-/m0/s1. The summed E-state index contributed by atoms with van der Waals surface area (Å²) in [5, 5.41) is 2.77. The van der Waals surface area contributed by atoms with Crippen LogP contribution in [-0.2, 0) is 19.1 Å². The van der Waals surface area contributed by atoms with Crippen molar-refractivity contribution < 1.29 is 23.9 Å². The molecule has 2 aromatic carbocycles. The van der Waals surface area contributed by atoms with Crippen molar-refractivity contribution in [3.63, 3.8) is 0 Å². The van der Waals surface area contributed by atoms with Gasteiger partial charge < -0.3 is 10.1 Å². The number of nitrogens with one attached hydrogen (secondary N) is 1. The third-order valence-corrected chi connectivity index (χ3v) is 6.91. The van der Waals surface area contributed by atoms with Gasteiger partial charge in [-0.15, -0.1) is 0 Å². The third-order valence-electron chi connectivity index (χ3n) is 6.91. The number of carbonyl (C=O) groups excluding carboxylic acids is 4. The second-order valence-corrected chi connectivity index (χ2v) is 8.95. The smallest absolute Gasteiger partial charge is 0.338 e. The fourth-order valence-corrected chi connectivity index (χ4v) is 5.30. The minimum Gasteiger partial charge on any atom is -0.452 e. The van der Waals surface area contributed by atoms with Crippen molar-refractivity contribution in [2.24, 2.45) is 23.7 Å². The van der Waals surface area contributed by atoms with Gasteiger partial charge in [-0.25, -0.2) is 4.79 Å². The van der Waals surface area contributed by atoms with Crippen LogP contribution in [0, 0.1) is 37.5 Å². The molecule has 168 valence electrons. The van der Waals surface area contributed by atoms with E-state index in [9.17, 15) is 19.2 Å². The van der Waals surface area contributed by atoms with Gasteiger partial charge in [-0.3, -0.25) is 19.3 Å². The Balaban J connectivity index is 1.21. The molecule has 4 atom stereocenters. The largest absolute Gasteiger partial charge is 0.452 e. The second-order valence-electron chi connectivity index (χ2n) is 8.95. The summed E-state index contributed by atoms with van der Waals surface area (Å²) < 4.78 is 5.14. The highest BCUT2D eigenvalue weighted by atomic mass is 16.5.